The van der Waals surface area contributed by atoms with Crippen molar-refractivity contribution in [3.63, 3.8) is 0 Å². The summed E-state index contributed by atoms with van der Waals surface area (Å²) in [6.07, 6.45) is 0. The standard InChI is InChI=1S/C12H14F2N2S/c1-6(2)7(3)16-11-9(15-12(16)17)5-4-8(13)10(11)14/h4-7H,1-3H3,(H,15,17). The number of nitrogens with one attached hydrogen (secondary N) is 1. The third kappa shape index (κ3) is 1.88. The van der Waals surface area contributed by atoms with Gasteiger partial charge in [0.15, 0.2) is 16.4 Å². The van der Waals surface area contributed by atoms with Gasteiger partial charge in [0, 0.05) is 6.04 Å². The van der Waals surface area contributed by atoms with Crippen LogP contribution in [0.3, 0.4) is 0 Å². The molecule has 1 N–H and O–H groups in total. The van der Waals surface area contributed by atoms with Gasteiger partial charge < -0.3 is 9.55 Å². The maximum absolute atomic E-state index is 13.8. The molecule has 2 aromatic rings. The Labute approximate surface area is 103 Å². The Balaban J connectivity index is 2.82. The number of imidazole rings is 1. The van der Waals surface area contributed by atoms with Crippen molar-refractivity contribution in [2.45, 2.75) is 26.8 Å². The van der Waals surface area contributed by atoms with Crippen LogP contribution in [0.1, 0.15) is 26.8 Å². The van der Waals surface area contributed by atoms with Gasteiger partial charge in [-0.15, -0.1) is 0 Å². The Kier molecular flexibility index (Phi) is 3.03. The molecule has 2 nitrogen and oxygen atoms in total. The normalized spacial score (nSPS) is 13.5. The molecule has 2 rings (SSSR count). The Morgan fingerprint density at radius 1 is 1.24 bits per heavy atom. The van der Waals surface area contributed by atoms with Crippen molar-refractivity contribution in [1.29, 1.82) is 0 Å². The summed E-state index contributed by atoms with van der Waals surface area (Å²) in [5.74, 6) is -1.41. The van der Waals surface area contributed by atoms with Crippen molar-refractivity contribution in [1.82, 2.24) is 9.55 Å². The van der Waals surface area contributed by atoms with Crippen LogP contribution >= 0.6 is 12.2 Å². The largest absolute Gasteiger partial charge is 0.330 e. The van der Waals surface area contributed by atoms with Crippen molar-refractivity contribution >= 4 is 23.3 Å². The third-order valence-electron chi connectivity index (χ3n) is 3.14. The van der Waals surface area contributed by atoms with Crippen molar-refractivity contribution in [3.8, 4) is 0 Å². The summed E-state index contributed by atoms with van der Waals surface area (Å²) in [7, 11) is 0. The van der Waals surface area contributed by atoms with Gasteiger partial charge in [-0.3, -0.25) is 0 Å². The third-order valence-corrected chi connectivity index (χ3v) is 3.44. The first kappa shape index (κ1) is 12.2. The van der Waals surface area contributed by atoms with Gasteiger partial charge >= 0.3 is 0 Å². The molecular weight excluding hydrogens is 242 g/mol. The number of hydrogen-bond donors (Lipinski definition) is 1. The SMILES string of the molecule is CC(C)C(C)n1c(=S)[nH]c2ccc(F)c(F)c21. The second-order valence-corrected chi connectivity index (χ2v) is 4.93. The van der Waals surface area contributed by atoms with E-state index in [9.17, 15) is 8.78 Å². The first-order valence-electron chi connectivity index (χ1n) is 5.51. The molecule has 0 saturated heterocycles. The van der Waals surface area contributed by atoms with Gasteiger partial charge in [0.2, 0.25) is 0 Å². The van der Waals surface area contributed by atoms with E-state index in [1.54, 1.807) is 4.57 Å². The Hall–Kier alpha value is -1.23. The van der Waals surface area contributed by atoms with Gasteiger partial charge in [-0.05, 0) is 37.2 Å². The molecule has 92 valence electrons. The number of H-pyrrole nitrogens is 1. The van der Waals surface area contributed by atoms with Gasteiger partial charge in [0.05, 0.1) is 5.52 Å². The number of fused-ring (bicyclic) bond motifs is 1. The van der Waals surface area contributed by atoms with Crippen LogP contribution in [0.15, 0.2) is 12.1 Å². The van der Waals surface area contributed by atoms with Crippen LogP contribution in [0.4, 0.5) is 8.78 Å². The lowest BCUT2D eigenvalue weighted by atomic mass is 10.1. The molecule has 0 spiro atoms. The number of benzene rings is 1. The molecule has 0 amide bonds. The smallest absolute Gasteiger partial charge is 0.184 e. The highest BCUT2D eigenvalue weighted by molar-refractivity contribution is 7.71. The molecule has 1 unspecified atom stereocenters. The van der Waals surface area contributed by atoms with Crippen LogP contribution in [-0.2, 0) is 0 Å². The topological polar surface area (TPSA) is 20.7 Å². The zero-order valence-corrected chi connectivity index (χ0v) is 10.7. The number of hydrogen-bond acceptors (Lipinski definition) is 1. The summed E-state index contributed by atoms with van der Waals surface area (Å²) in [4.78, 5) is 2.90. The highest BCUT2D eigenvalue weighted by Crippen LogP contribution is 2.27. The Morgan fingerprint density at radius 3 is 2.47 bits per heavy atom. The molecule has 0 aliphatic rings. The highest BCUT2D eigenvalue weighted by Gasteiger charge is 2.18. The fourth-order valence-corrected chi connectivity index (χ4v) is 2.21. The quantitative estimate of drug-likeness (QED) is 0.799. The number of nitrogens with zero attached hydrogens (tertiary/aromatic N) is 1. The van der Waals surface area contributed by atoms with Crippen LogP contribution in [0.5, 0.6) is 0 Å². The van der Waals surface area contributed by atoms with Gasteiger partial charge in [-0.2, -0.15) is 0 Å². The van der Waals surface area contributed by atoms with E-state index in [-0.39, 0.29) is 17.5 Å². The molecule has 1 aromatic heterocycles. The second-order valence-electron chi connectivity index (χ2n) is 4.54. The maximum atomic E-state index is 13.8. The van der Waals surface area contributed by atoms with Crippen LogP contribution in [-0.4, -0.2) is 9.55 Å². The minimum Gasteiger partial charge on any atom is -0.330 e. The second kappa shape index (κ2) is 4.22. The minimum atomic E-state index is -0.851. The molecule has 1 aromatic carbocycles. The molecule has 17 heavy (non-hydrogen) atoms. The van der Waals surface area contributed by atoms with E-state index >= 15 is 0 Å². The van der Waals surface area contributed by atoms with E-state index in [1.165, 1.54) is 6.07 Å². The van der Waals surface area contributed by atoms with Crippen LogP contribution in [0.2, 0.25) is 0 Å². The number of rotatable bonds is 2. The average Bonchev–Trinajstić information content (AvgIpc) is 2.60. The summed E-state index contributed by atoms with van der Waals surface area (Å²) in [6, 6.07) is 2.62. The molecular formula is C12H14F2N2S. The summed E-state index contributed by atoms with van der Waals surface area (Å²) >= 11 is 5.17. The molecule has 0 radical (unpaired) electrons. The van der Waals surface area contributed by atoms with Crippen LogP contribution in [0, 0.1) is 22.3 Å². The number of aromatic amines is 1. The number of halogens is 2. The molecule has 1 atom stereocenters. The van der Waals surface area contributed by atoms with Gasteiger partial charge in [-0.25, -0.2) is 8.78 Å². The highest BCUT2D eigenvalue weighted by atomic mass is 32.1. The van der Waals surface area contributed by atoms with E-state index in [0.717, 1.165) is 6.07 Å². The fourth-order valence-electron chi connectivity index (χ4n) is 1.84. The summed E-state index contributed by atoms with van der Waals surface area (Å²) in [6.45, 7) is 5.98. The van der Waals surface area contributed by atoms with Gasteiger partial charge in [0.1, 0.15) is 5.52 Å². The zero-order valence-electron chi connectivity index (χ0n) is 9.92. The fraction of sp³-hybridized carbons (Fsp3) is 0.417. The van der Waals surface area contributed by atoms with Crippen LogP contribution in [0.25, 0.3) is 11.0 Å². The number of aromatic nitrogens is 2. The summed E-state index contributed by atoms with van der Waals surface area (Å²) in [5, 5.41) is 0. The van der Waals surface area contributed by atoms with Gasteiger partial charge in [-0.1, -0.05) is 13.8 Å². The molecule has 0 aliphatic heterocycles. The van der Waals surface area contributed by atoms with Gasteiger partial charge in [0.25, 0.3) is 0 Å². The Bertz CT molecular complexity index is 613. The predicted octanol–water partition coefficient (Wildman–Crippen LogP) is 4.19. The zero-order chi connectivity index (χ0) is 12.7. The predicted molar refractivity (Wildman–Crippen MR) is 66.6 cm³/mol. The lowest BCUT2D eigenvalue weighted by molar-refractivity contribution is 0.407. The molecule has 0 aliphatic carbocycles. The van der Waals surface area contributed by atoms with E-state index in [4.69, 9.17) is 12.2 Å². The van der Waals surface area contributed by atoms with E-state index < -0.39 is 11.6 Å². The van der Waals surface area contributed by atoms with Crippen LogP contribution < -0.4 is 0 Å². The first-order valence-corrected chi connectivity index (χ1v) is 5.92. The summed E-state index contributed by atoms with van der Waals surface area (Å²) < 4.78 is 29.2. The molecule has 0 bridgehead atoms. The molecule has 1 heterocycles. The lowest BCUT2D eigenvalue weighted by Gasteiger charge is -2.18. The van der Waals surface area contributed by atoms with E-state index in [2.05, 4.69) is 4.98 Å². The van der Waals surface area contributed by atoms with Crippen molar-refractivity contribution in [3.05, 3.63) is 28.5 Å². The van der Waals surface area contributed by atoms with Crippen molar-refractivity contribution in [2.75, 3.05) is 0 Å². The van der Waals surface area contributed by atoms with Crippen molar-refractivity contribution < 1.29 is 8.78 Å². The van der Waals surface area contributed by atoms with E-state index in [0.29, 0.717) is 10.3 Å². The molecule has 0 saturated carbocycles. The minimum absolute atomic E-state index is 0.00699. The summed E-state index contributed by atoms with van der Waals surface area (Å²) in [5.41, 5.74) is 0.748. The Morgan fingerprint density at radius 2 is 1.88 bits per heavy atom. The van der Waals surface area contributed by atoms with Crippen molar-refractivity contribution in [2.24, 2.45) is 5.92 Å². The van der Waals surface area contributed by atoms with E-state index in [1.807, 2.05) is 20.8 Å². The monoisotopic (exact) mass is 256 g/mol. The molecule has 0 fully saturated rings. The first-order chi connectivity index (χ1) is 7.93. The molecule has 5 heteroatoms. The maximum Gasteiger partial charge on any atom is 0.184 e. The lowest BCUT2D eigenvalue weighted by Crippen LogP contribution is -2.12. The average molecular weight is 256 g/mol.